The fourth-order valence-corrected chi connectivity index (χ4v) is 2.69. The Bertz CT molecular complexity index is 667. The topological polar surface area (TPSA) is 0 Å². The Kier molecular flexibility index (Phi) is 4.18. The molecule has 0 bridgehead atoms. The van der Waals surface area contributed by atoms with Gasteiger partial charge in [0.2, 0.25) is 0 Å². The first-order chi connectivity index (χ1) is 9.32. The quantitative estimate of drug-likeness (QED) is 0.508. The summed E-state index contributed by atoms with van der Waals surface area (Å²) >= 11 is 3.05. The van der Waals surface area contributed by atoms with Gasteiger partial charge in [0.05, 0.1) is 4.83 Å². The highest BCUT2D eigenvalue weighted by molar-refractivity contribution is 9.09. The smallest absolute Gasteiger partial charge is 0.133 e. The molecule has 0 spiro atoms. The van der Waals surface area contributed by atoms with E-state index in [0.29, 0.717) is 0 Å². The first kappa shape index (κ1) is 15.0. The molecule has 2 aromatic carbocycles. The molecule has 0 nitrogen and oxygen atoms in total. The van der Waals surface area contributed by atoms with Crippen molar-refractivity contribution >= 4 is 15.9 Å². The van der Waals surface area contributed by atoms with Crippen LogP contribution in [0.3, 0.4) is 0 Å². The molecule has 0 aromatic heterocycles. The molecule has 0 aliphatic heterocycles. The van der Waals surface area contributed by atoms with Crippen molar-refractivity contribution in [1.82, 2.24) is 0 Å². The monoisotopic (exact) mass is 346 g/mol. The van der Waals surface area contributed by atoms with E-state index in [-0.39, 0.29) is 22.3 Å². The SMILES string of the molecule is Cc1cc(F)c(C(Br)c2c(F)ccc(C)c2F)cc1F. The van der Waals surface area contributed by atoms with Crippen LogP contribution in [0.4, 0.5) is 17.6 Å². The molecule has 0 N–H and O–H groups in total. The summed E-state index contributed by atoms with van der Waals surface area (Å²) in [6.07, 6.45) is 0. The summed E-state index contributed by atoms with van der Waals surface area (Å²) < 4.78 is 55.2. The van der Waals surface area contributed by atoms with Crippen LogP contribution in [0.5, 0.6) is 0 Å². The summed E-state index contributed by atoms with van der Waals surface area (Å²) in [4.78, 5) is -1.10. The first-order valence-electron chi connectivity index (χ1n) is 5.87. The third-order valence-corrected chi connectivity index (χ3v) is 4.08. The van der Waals surface area contributed by atoms with E-state index in [4.69, 9.17) is 0 Å². The van der Waals surface area contributed by atoms with Gasteiger partial charge in [0.1, 0.15) is 23.3 Å². The molecular formula is C15H11BrF4. The highest BCUT2D eigenvalue weighted by Crippen LogP contribution is 2.37. The Morgan fingerprint density at radius 1 is 0.850 bits per heavy atom. The van der Waals surface area contributed by atoms with Crippen molar-refractivity contribution in [1.29, 1.82) is 0 Å². The number of rotatable bonds is 2. The molecule has 0 radical (unpaired) electrons. The van der Waals surface area contributed by atoms with Gasteiger partial charge in [0.15, 0.2) is 0 Å². The number of hydrogen-bond acceptors (Lipinski definition) is 0. The molecule has 5 heteroatoms. The van der Waals surface area contributed by atoms with E-state index in [1.54, 1.807) is 0 Å². The molecule has 106 valence electrons. The van der Waals surface area contributed by atoms with Gasteiger partial charge in [-0.25, -0.2) is 17.6 Å². The molecule has 0 fully saturated rings. The van der Waals surface area contributed by atoms with E-state index in [0.717, 1.165) is 18.2 Å². The van der Waals surface area contributed by atoms with Crippen molar-refractivity contribution in [2.75, 3.05) is 0 Å². The number of hydrogen-bond donors (Lipinski definition) is 0. The molecule has 0 heterocycles. The van der Waals surface area contributed by atoms with Crippen LogP contribution >= 0.6 is 15.9 Å². The van der Waals surface area contributed by atoms with Gasteiger partial charge in [-0.3, -0.25) is 0 Å². The molecule has 0 amide bonds. The van der Waals surface area contributed by atoms with Crippen LogP contribution in [-0.4, -0.2) is 0 Å². The molecule has 0 saturated heterocycles. The molecule has 0 aliphatic carbocycles. The van der Waals surface area contributed by atoms with Gasteiger partial charge in [-0.2, -0.15) is 0 Å². The molecule has 0 saturated carbocycles. The lowest BCUT2D eigenvalue weighted by atomic mass is 10.00. The number of aryl methyl sites for hydroxylation is 2. The van der Waals surface area contributed by atoms with E-state index in [1.165, 1.54) is 19.9 Å². The van der Waals surface area contributed by atoms with Crippen molar-refractivity contribution in [2.24, 2.45) is 0 Å². The normalized spacial score (nSPS) is 12.6. The zero-order valence-electron chi connectivity index (χ0n) is 10.8. The van der Waals surface area contributed by atoms with Gasteiger partial charge in [0.25, 0.3) is 0 Å². The summed E-state index contributed by atoms with van der Waals surface area (Å²) in [5.41, 5.74) is -0.0985. The lowest BCUT2D eigenvalue weighted by molar-refractivity contribution is 0.546. The van der Waals surface area contributed by atoms with Crippen LogP contribution in [0.2, 0.25) is 0 Å². The van der Waals surface area contributed by atoms with E-state index in [1.807, 2.05) is 0 Å². The third-order valence-electron chi connectivity index (χ3n) is 3.12. The molecule has 1 unspecified atom stereocenters. The Morgan fingerprint density at radius 3 is 2.15 bits per heavy atom. The van der Waals surface area contributed by atoms with Crippen LogP contribution in [0, 0.1) is 37.1 Å². The van der Waals surface area contributed by atoms with E-state index >= 15 is 0 Å². The Balaban J connectivity index is 2.60. The molecule has 1 atom stereocenters. The van der Waals surface area contributed by atoms with Gasteiger partial charge in [-0.1, -0.05) is 22.0 Å². The summed E-state index contributed by atoms with van der Waals surface area (Å²) in [6.45, 7) is 2.89. The average Bonchev–Trinajstić information content (AvgIpc) is 2.38. The molecule has 2 aromatic rings. The standard InChI is InChI=1S/C15H11BrF4/c1-7-3-4-10(17)13(15(7)20)14(16)9-6-11(18)8(2)5-12(9)19/h3-6,14H,1-2H3. The van der Waals surface area contributed by atoms with Crippen LogP contribution < -0.4 is 0 Å². The van der Waals surface area contributed by atoms with E-state index < -0.39 is 28.1 Å². The zero-order chi connectivity index (χ0) is 15.0. The molecule has 0 aliphatic rings. The highest BCUT2D eigenvalue weighted by atomic mass is 79.9. The molecular weight excluding hydrogens is 336 g/mol. The summed E-state index contributed by atoms with van der Waals surface area (Å²) in [5, 5.41) is 0. The number of benzene rings is 2. The van der Waals surface area contributed by atoms with Crippen molar-refractivity contribution in [3.05, 3.63) is 69.8 Å². The average molecular weight is 347 g/mol. The fourth-order valence-electron chi connectivity index (χ4n) is 1.92. The van der Waals surface area contributed by atoms with Gasteiger partial charge >= 0.3 is 0 Å². The lowest BCUT2D eigenvalue weighted by Gasteiger charge is -2.15. The van der Waals surface area contributed by atoms with Gasteiger partial charge in [-0.15, -0.1) is 0 Å². The van der Waals surface area contributed by atoms with E-state index in [9.17, 15) is 17.6 Å². The Labute approximate surface area is 122 Å². The Hall–Kier alpha value is -1.36. The first-order valence-corrected chi connectivity index (χ1v) is 6.78. The predicted octanol–water partition coefficient (Wildman–Crippen LogP) is 5.34. The number of halogens is 5. The minimum Gasteiger partial charge on any atom is -0.207 e. The zero-order valence-corrected chi connectivity index (χ0v) is 12.4. The van der Waals surface area contributed by atoms with Gasteiger partial charge in [-0.05, 0) is 43.2 Å². The van der Waals surface area contributed by atoms with Crippen molar-refractivity contribution in [3.8, 4) is 0 Å². The highest BCUT2D eigenvalue weighted by Gasteiger charge is 2.24. The van der Waals surface area contributed by atoms with Crippen molar-refractivity contribution in [3.63, 3.8) is 0 Å². The van der Waals surface area contributed by atoms with Crippen LogP contribution in [0.1, 0.15) is 27.1 Å². The summed E-state index contributed by atoms with van der Waals surface area (Å²) in [6, 6.07) is 4.35. The Morgan fingerprint density at radius 2 is 1.50 bits per heavy atom. The largest absolute Gasteiger partial charge is 0.207 e. The maximum absolute atomic E-state index is 14.0. The minimum atomic E-state index is -1.10. The van der Waals surface area contributed by atoms with E-state index in [2.05, 4.69) is 15.9 Å². The maximum atomic E-state index is 14.0. The second-order valence-electron chi connectivity index (χ2n) is 4.58. The van der Waals surface area contributed by atoms with Crippen molar-refractivity contribution in [2.45, 2.75) is 18.7 Å². The van der Waals surface area contributed by atoms with Crippen LogP contribution in [-0.2, 0) is 0 Å². The second kappa shape index (κ2) is 5.56. The fraction of sp³-hybridized carbons (Fsp3) is 0.200. The minimum absolute atomic E-state index is 0.135. The van der Waals surface area contributed by atoms with Gasteiger partial charge in [0, 0.05) is 11.1 Å². The lowest BCUT2D eigenvalue weighted by Crippen LogP contribution is -2.05. The molecule has 2 rings (SSSR count). The summed E-state index contributed by atoms with van der Waals surface area (Å²) in [7, 11) is 0. The number of alkyl halides is 1. The van der Waals surface area contributed by atoms with Gasteiger partial charge < -0.3 is 0 Å². The third kappa shape index (κ3) is 2.59. The summed E-state index contributed by atoms with van der Waals surface area (Å²) in [5.74, 6) is -2.92. The van der Waals surface area contributed by atoms with Crippen LogP contribution in [0.25, 0.3) is 0 Å². The second-order valence-corrected chi connectivity index (χ2v) is 5.49. The maximum Gasteiger partial charge on any atom is 0.133 e. The predicted molar refractivity (Wildman–Crippen MR) is 73.0 cm³/mol. The van der Waals surface area contributed by atoms with Crippen LogP contribution in [0.15, 0.2) is 24.3 Å². The van der Waals surface area contributed by atoms with Crippen molar-refractivity contribution < 1.29 is 17.6 Å². The molecule has 20 heavy (non-hydrogen) atoms.